The van der Waals surface area contributed by atoms with Crippen LogP contribution in [-0.4, -0.2) is 26.2 Å². The van der Waals surface area contributed by atoms with Crippen molar-refractivity contribution in [1.82, 2.24) is 25.5 Å². The van der Waals surface area contributed by atoms with Crippen LogP contribution in [0.25, 0.3) is 5.69 Å². The van der Waals surface area contributed by atoms with Gasteiger partial charge >= 0.3 is 0 Å². The van der Waals surface area contributed by atoms with Crippen LogP contribution in [0.15, 0.2) is 18.2 Å². The van der Waals surface area contributed by atoms with Crippen LogP contribution in [0.5, 0.6) is 0 Å². The van der Waals surface area contributed by atoms with Crippen molar-refractivity contribution in [3.05, 3.63) is 34.6 Å². The number of nitrogens with zero attached hydrogens (tertiary/aromatic N) is 4. The van der Waals surface area contributed by atoms with Crippen molar-refractivity contribution >= 4 is 11.6 Å². The monoisotopic (exact) mass is 265 g/mol. The standard InChI is InChI=1S/C12H16ClN5/c1-8(2)14-7-12-15-16-17-18(12)11-6-10(13)5-4-9(11)3/h4-6,8,14H,7H2,1-3H3. The largest absolute Gasteiger partial charge is 0.308 e. The Hall–Kier alpha value is -1.46. The van der Waals surface area contributed by atoms with Crippen molar-refractivity contribution in [3.8, 4) is 5.69 Å². The van der Waals surface area contributed by atoms with Gasteiger partial charge in [0.25, 0.3) is 0 Å². The fourth-order valence-corrected chi connectivity index (χ4v) is 1.78. The van der Waals surface area contributed by atoms with Crippen molar-refractivity contribution in [2.75, 3.05) is 0 Å². The van der Waals surface area contributed by atoms with E-state index in [-0.39, 0.29) is 0 Å². The number of hydrogen-bond donors (Lipinski definition) is 1. The maximum absolute atomic E-state index is 6.02. The van der Waals surface area contributed by atoms with E-state index in [4.69, 9.17) is 11.6 Å². The van der Waals surface area contributed by atoms with E-state index in [1.165, 1.54) is 0 Å². The van der Waals surface area contributed by atoms with Crippen molar-refractivity contribution < 1.29 is 0 Å². The molecule has 0 spiro atoms. The lowest BCUT2D eigenvalue weighted by Gasteiger charge is -2.10. The first-order valence-corrected chi connectivity index (χ1v) is 6.23. The number of nitrogens with one attached hydrogen (secondary N) is 1. The second kappa shape index (κ2) is 5.46. The molecule has 5 nitrogen and oxygen atoms in total. The number of aromatic nitrogens is 4. The molecule has 2 rings (SSSR count). The number of aryl methyl sites for hydroxylation is 1. The molecular weight excluding hydrogens is 250 g/mol. The molecule has 0 fully saturated rings. The van der Waals surface area contributed by atoms with Crippen LogP contribution < -0.4 is 5.32 Å². The van der Waals surface area contributed by atoms with Gasteiger partial charge in [0.1, 0.15) is 0 Å². The van der Waals surface area contributed by atoms with Crippen molar-refractivity contribution in [2.45, 2.75) is 33.4 Å². The van der Waals surface area contributed by atoms with Gasteiger partial charge in [-0.15, -0.1) is 5.10 Å². The maximum Gasteiger partial charge on any atom is 0.170 e. The average Bonchev–Trinajstić information content (AvgIpc) is 2.77. The summed E-state index contributed by atoms with van der Waals surface area (Å²) in [6.45, 7) is 6.79. The third kappa shape index (κ3) is 2.86. The molecule has 1 aromatic carbocycles. The minimum atomic E-state index is 0.385. The van der Waals surface area contributed by atoms with E-state index in [1.807, 2.05) is 25.1 Å². The lowest BCUT2D eigenvalue weighted by Crippen LogP contribution is -2.24. The van der Waals surface area contributed by atoms with E-state index >= 15 is 0 Å². The molecule has 0 bridgehead atoms. The average molecular weight is 266 g/mol. The Balaban J connectivity index is 2.33. The quantitative estimate of drug-likeness (QED) is 0.920. The van der Waals surface area contributed by atoms with Crippen LogP contribution >= 0.6 is 11.6 Å². The van der Waals surface area contributed by atoms with Crippen molar-refractivity contribution in [1.29, 1.82) is 0 Å². The van der Waals surface area contributed by atoms with Crippen LogP contribution in [0, 0.1) is 6.92 Å². The molecule has 6 heteroatoms. The minimum Gasteiger partial charge on any atom is -0.308 e. The van der Waals surface area contributed by atoms with Crippen molar-refractivity contribution in [3.63, 3.8) is 0 Å². The predicted molar refractivity (Wildman–Crippen MR) is 70.9 cm³/mol. The third-order valence-corrected chi connectivity index (χ3v) is 2.84. The zero-order chi connectivity index (χ0) is 13.1. The van der Waals surface area contributed by atoms with Gasteiger partial charge in [0.15, 0.2) is 5.82 Å². The van der Waals surface area contributed by atoms with Gasteiger partial charge in [0.05, 0.1) is 12.2 Å². The number of tetrazole rings is 1. The first-order chi connectivity index (χ1) is 8.58. The lowest BCUT2D eigenvalue weighted by molar-refractivity contribution is 0.563. The minimum absolute atomic E-state index is 0.385. The Labute approximate surface area is 111 Å². The van der Waals surface area contributed by atoms with E-state index in [9.17, 15) is 0 Å². The first kappa shape index (κ1) is 13.0. The van der Waals surface area contributed by atoms with Crippen molar-refractivity contribution in [2.24, 2.45) is 0 Å². The number of benzene rings is 1. The summed E-state index contributed by atoms with van der Waals surface area (Å²) in [5.74, 6) is 0.772. The molecule has 0 aliphatic carbocycles. The fourth-order valence-electron chi connectivity index (χ4n) is 1.61. The molecule has 18 heavy (non-hydrogen) atoms. The van der Waals surface area contributed by atoms with Gasteiger partial charge in [0.2, 0.25) is 0 Å². The molecular formula is C12H16ClN5. The Morgan fingerprint density at radius 3 is 2.89 bits per heavy atom. The summed E-state index contributed by atoms with van der Waals surface area (Å²) in [6.07, 6.45) is 0. The molecule has 1 heterocycles. The molecule has 0 aliphatic heterocycles. The molecule has 0 saturated heterocycles. The molecule has 0 aliphatic rings. The summed E-state index contributed by atoms with van der Waals surface area (Å²) in [5, 5.41) is 15.8. The highest BCUT2D eigenvalue weighted by Gasteiger charge is 2.11. The molecule has 2 aromatic rings. The highest BCUT2D eigenvalue weighted by atomic mass is 35.5. The zero-order valence-electron chi connectivity index (χ0n) is 10.7. The van der Waals surface area contributed by atoms with Crippen LogP contribution in [0.3, 0.4) is 0 Å². The highest BCUT2D eigenvalue weighted by Crippen LogP contribution is 2.19. The highest BCUT2D eigenvalue weighted by molar-refractivity contribution is 6.30. The van der Waals surface area contributed by atoms with Crippen LogP contribution in [0.2, 0.25) is 5.02 Å². The van der Waals surface area contributed by atoms with Gasteiger partial charge in [-0.25, -0.2) is 0 Å². The summed E-state index contributed by atoms with van der Waals surface area (Å²) in [7, 11) is 0. The van der Waals surface area contributed by atoms with Crippen LogP contribution in [0.4, 0.5) is 0 Å². The molecule has 0 unspecified atom stereocenters. The lowest BCUT2D eigenvalue weighted by atomic mass is 10.2. The summed E-state index contributed by atoms with van der Waals surface area (Å²) in [5.41, 5.74) is 1.99. The first-order valence-electron chi connectivity index (χ1n) is 5.85. The maximum atomic E-state index is 6.02. The Kier molecular flexibility index (Phi) is 3.93. The Morgan fingerprint density at radius 1 is 1.39 bits per heavy atom. The van der Waals surface area contributed by atoms with E-state index in [0.29, 0.717) is 17.6 Å². The molecule has 1 aromatic heterocycles. The van der Waals surface area contributed by atoms with Gasteiger partial charge in [-0.2, -0.15) is 4.68 Å². The summed E-state index contributed by atoms with van der Waals surface area (Å²) in [4.78, 5) is 0. The van der Waals surface area contributed by atoms with Crippen LogP contribution in [-0.2, 0) is 6.54 Å². The Morgan fingerprint density at radius 2 is 2.17 bits per heavy atom. The SMILES string of the molecule is Cc1ccc(Cl)cc1-n1nnnc1CNC(C)C. The molecule has 0 amide bonds. The van der Waals surface area contributed by atoms with Crippen LogP contribution in [0.1, 0.15) is 25.2 Å². The number of hydrogen-bond acceptors (Lipinski definition) is 4. The summed E-state index contributed by atoms with van der Waals surface area (Å²) < 4.78 is 1.72. The fraction of sp³-hybridized carbons (Fsp3) is 0.417. The Bertz CT molecular complexity index is 535. The summed E-state index contributed by atoms with van der Waals surface area (Å²) >= 11 is 6.02. The van der Waals surface area contributed by atoms with E-state index in [1.54, 1.807) is 4.68 Å². The van der Waals surface area contributed by atoms with Gasteiger partial charge in [-0.3, -0.25) is 0 Å². The number of halogens is 1. The van der Waals surface area contributed by atoms with E-state index in [0.717, 1.165) is 17.1 Å². The van der Waals surface area contributed by atoms with E-state index < -0.39 is 0 Å². The molecule has 1 N–H and O–H groups in total. The predicted octanol–water partition coefficient (Wildman–Crippen LogP) is 2.12. The third-order valence-electron chi connectivity index (χ3n) is 2.60. The van der Waals surface area contributed by atoms with Gasteiger partial charge in [-0.05, 0) is 35.0 Å². The second-order valence-electron chi connectivity index (χ2n) is 4.47. The molecule has 0 atom stereocenters. The van der Waals surface area contributed by atoms with Gasteiger partial charge < -0.3 is 5.32 Å². The molecule has 0 radical (unpaired) electrons. The smallest absolute Gasteiger partial charge is 0.170 e. The van der Waals surface area contributed by atoms with E-state index in [2.05, 4.69) is 34.7 Å². The zero-order valence-corrected chi connectivity index (χ0v) is 11.4. The van der Waals surface area contributed by atoms with Gasteiger partial charge in [0, 0.05) is 11.1 Å². The second-order valence-corrected chi connectivity index (χ2v) is 4.91. The molecule has 96 valence electrons. The van der Waals surface area contributed by atoms with Gasteiger partial charge in [-0.1, -0.05) is 31.5 Å². The topological polar surface area (TPSA) is 55.6 Å². The normalized spacial score (nSPS) is 11.2. The molecule has 0 saturated carbocycles. The number of rotatable bonds is 4. The summed E-state index contributed by atoms with van der Waals surface area (Å²) in [6, 6.07) is 6.07.